The van der Waals surface area contributed by atoms with Crippen LogP contribution < -0.4 is 0 Å². The van der Waals surface area contributed by atoms with Crippen LogP contribution in [-0.4, -0.2) is 47.6 Å². The van der Waals surface area contributed by atoms with E-state index >= 15 is 0 Å². The van der Waals surface area contributed by atoms with Gasteiger partial charge in [0.05, 0.1) is 12.0 Å². The summed E-state index contributed by atoms with van der Waals surface area (Å²) in [7, 11) is 0. The van der Waals surface area contributed by atoms with Gasteiger partial charge in [0.1, 0.15) is 18.8 Å². The Morgan fingerprint density at radius 2 is 1.59 bits per heavy atom. The average Bonchev–Trinajstić information content (AvgIpc) is 3.30. The zero-order valence-electron chi connectivity index (χ0n) is 26.8. The predicted octanol–water partition coefficient (Wildman–Crippen LogP) is 6.47. The standard InChI is InChI=1S/C35H56O6/c1-21(2)24-11-16-35(30(39)40-20-23(38)19-36)18-17-33(7)25(29(24)35)9-10-27-32(6)14-13-28(41-22(3)37)31(4,5)26(32)12-15-34(27,33)8/h23-29,36,38H,1,9-20H2,2-8H3/t23-,24+,25-,26+,27-,28+,29-,32+,33-,34-,35+/m1/s1. The van der Waals surface area contributed by atoms with Gasteiger partial charge in [-0.1, -0.05) is 46.8 Å². The van der Waals surface area contributed by atoms with Gasteiger partial charge in [-0.25, -0.2) is 0 Å². The van der Waals surface area contributed by atoms with Gasteiger partial charge in [0.2, 0.25) is 0 Å². The van der Waals surface area contributed by atoms with E-state index in [4.69, 9.17) is 9.47 Å². The summed E-state index contributed by atoms with van der Waals surface area (Å²) in [4.78, 5) is 25.8. The number of hydrogen-bond acceptors (Lipinski definition) is 6. The van der Waals surface area contributed by atoms with E-state index in [0.717, 1.165) is 51.4 Å². The highest BCUT2D eigenvalue weighted by Gasteiger charge is 2.72. The molecule has 5 aliphatic rings. The fourth-order valence-corrected chi connectivity index (χ4v) is 12.3. The van der Waals surface area contributed by atoms with E-state index in [9.17, 15) is 19.8 Å². The van der Waals surface area contributed by atoms with Crippen LogP contribution in [0.5, 0.6) is 0 Å². The van der Waals surface area contributed by atoms with Crippen LogP contribution in [0, 0.1) is 56.7 Å². The first-order valence-electron chi connectivity index (χ1n) is 16.4. The smallest absolute Gasteiger partial charge is 0.312 e. The Kier molecular flexibility index (Phi) is 7.84. The summed E-state index contributed by atoms with van der Waals surface area (Å²) in [5.41, 5.74) is 1.06. The van der Waals surface area contributed by atoms with Crippen LogP contribution in [0.3, 0.4) is 0 Å². The number of fused-ring (bicyclic) bond motifs is 7. The monoisotopic (exact) mass is 572 g/mol. The van der Waals surface area contributed by atoms with E-state index < -0.39 is 18.1 Å². The maximum atomic E-state index is 13.9. The fourth-order valence-electron chi connectivity index (χ4n) is 12.3. The zero-order chi connectivity index (χ0) is 30.2. The van der Waals surface area contributed by atoms with Crippen LogP contribution in [0.2, 0.25) is 0 Å². The zero-order valence-corrected chi connectivity index (χ0v) is 26.8. The molecule has 232 valence electrons. The molecule has 0 saturated heterocycles. The first-order valence-corrected chi connectivity index (χ1v) is 16.4. The Hall–Kier alpha value is -1.40. The molecule has 0 spiro atoms. The van der Waals surface area contributed by atoms with Gasteiger partial charge in [-0.05, 0) is 117 Å². The third kappa shape index (κ3) is 4.38. The van der Waals surface area contributed by atoms with E-state index in [1.807, 2.05) is 0 Å². The SMILES string of the molecule is C=C(C)[C@@H]1CC[C@]2(C(=O)OC[C@H](O)CO)CC[C@]3(C)[C@H](CC[C@@H]4[C@@]5(C)CC[C@H](OC(C)=O)C(C)(C)[C@@H]5CC[C@]43C)[C@@H]12. The summed E-state index contributed by atoms with van der Waals surface area (Å²) in [6.07, 6.45) is 9.22. The van der Waals surface area contributed by atoms with Gasteiger partial charge in [-0.15, -0.1) is 0 Å². The molecular formula is C35H56O6. The Morgan fingerprint density at radius 3 is 2.22 bits per heavy atom. The van der Waals surface area contributed by atoms with Crippen molar-refractivity contribution in [2.75, 3.05) is 13.2 Å². The average molecular weight is 573 g/mol. The summed E-state index contributed by atoms with van der Waals surface area (Å²) >= 11 is 0. The number of aliphatic hydroxyl groups is 2. The van der Waals surface area contributed by atoms with Gasteiger partial charge >= 0.3 is 11.9 Å². The molecule has 0 aliphatic heterocycles. The van der Waals surface area contributed by atoms with Gasteiger partial charge in [0, 0.05) is 12.3 Å². The van der Waals surface area contributed by atoms with Crippen LogP contribution in [0.25, 0.3) is 0 Å². The lowest BCUT2D eigenvalue weighted by molar-refractivity contribution is -0.251. The van der Waals surface area contributed by atoms with Crippen molar-refractivity contribution in [2.45, 2.75) is 125 Å². The number of hydrogen-bond donors (Lipinski definition) is 2. The molecule has 5 fully saturated rings. The van der Waals surface area contributed by atoms with Gasteiger partial charge in [0.15, 0.2) is 0 Å². The third-order valence-corrected chi connectivity index (χ3v) is 14.3. The molecule has 0 bridgehead atoms. The summed E-state index contributed by atoms with van der Waals surface area (Å²) in [5.74, 6) is 1.70. The molecule has 11 atom stereocenters. The second-order valence-electron chi connectivity index (χ2n) is 16.2. The van der Waals surface area contributed by atoms with Crippen molar-refractivity contribution in [3.8, 4) is 0 Å². The molecule has 0 aromatic carbocycles. The topological polar surface area (TPSA) is 93.1 Å². The quantitative estimate of drug-likeness (QED) is 0.280. The highest BCUT2D eigenvalue weighted by atomic mass is 16.5. The Balaban J connectivity index is 1.48. The van der Waals surface area contributed by atoms with Crippen LogP contribution in [-0.2, 0) is 19.1 Å². The molecule has 5 aliphatic carbocycles. The van der Waals surface area contributed by atoms with E-state index in [0.29, 0.717) is 23.7 Å². The molecule has 6 nitrogen and oxygen atoms in total. The number of rotatable bonds is 6. The van der Waals surface area contributed by atoms with Gasteiger partial charge < -0.3 is 19.7 Å². The van der Waals surface area contributed by atoms with Crippen molar-refractivity contribution in [3.63, 3.8) is 0 Å². The van der Waals surface area contributed by atoms with Crippen molar-refractivity contribution in [2.24, 2.45) is 56.7 Å². The molecule has 6 heteroatoms. The van der Waals surface area contributed by atoms with Crippen molar-refractivity contribution in [3.05, 3.63) is 12.2 Å². The number of carbonyl (C=O) groups excluding carboxylic acids is 2. The molecule has 5 rings (SSSR count). The molecule has 0 heterocycles. The molecule has 41 heavy (non-hydrogen) atoms. The maximum absolute atomic E-state index is 13.9. The Bertz CT molecular complexity index is 1070. The lowest BCUT2D eigenvalue weighted by atomic mass is 9.32. The van der Waals surface area contributed by atoms with Gasteiger partial charge in [0.25, 0.3) is 0 Å². The van der Waals surface area contributed by atoms with Crippen molar-refractivity contribution >= 4 is 11.9 Å². The highest BCUT2D eigenvalue weighted by Crippen LogP contribution is 2.77. The largest absolute Gasteiger partial charge is 0.462 e. The molecule has 0 radical (unpaired) electrons. The molecule has 0 unspecified atom stereocenters. The normalized spacial score (nSPS) is 47.1. The lowest BCUT2D eigenvalue weighted by Gasteiger charge is -2.72. The van der Waals surface area contributed by atoms with E-state index in [-0.39, 0.29) is 52.2 Å². The molecule has 0 aromatic heterocycles. The number of aliphatic hydroxyl groups excluding tert-OH is 2. The minimum absolute atomic E-state index is 0.0187. The molecule has 0 aromatic rings. The molecule has 2 N–H and O–H groups in total. The molecular weight excluding hydrogens is 516 g/mol. The summed E-state index contributed by atoms with van der Waals surface area (Å²) in [5, 5.41) is 19.2. The first kappa shape index (κ1) is 31.0. The van der Waals surface area contributed by atoms with E-state index in [1.54, 1.807) is 6.92 Å². The maximum Gasteiger partial charge on any atom is 0.312 e. The molecule has 0 amide bonds. The van der Waals surface area contributed by atoms with Crippen LogP contribution >= 0.6 is 0 Å². The summed E-state index contributed by atoms with van der Waals surface area (Å²) < 4.78 is 11.6. The Morgan fingerprint density at radius 1 is 0.878 bits per heavy atom. The Labute approximate surface area is 248 Å². The van der Waals surface area contributed by atoms with Crippen LogP contribution in [0.1, 0.15) is 113 Å². The number of carbonyl (C=O) groups is 2. The third-order valence-electron chi connectivity index (χ3n) is 14.3. The van der Waals surface area contributed by atoms with Crippen molar-refractivity contribution in [1.82, 2.24) is 0 Å². The predicted molar refractivity (Wildman–Crippen MR) is 159 cm³/mol. The minimum atomic E-state index is -1.04. The second kappa shape index (κ2) is 10.4. The van der Waals surface area contributed by atoms with Crippen LogP contribution in [0.4, 0.5) is 0 Å². The fraction of sp³-hybridized carbons (Fsp3) is 0.886. The van der Waals surface area contributed by atoms with Gasteiger partial charge in [-0.3, -0.25) is 9.59 Å². The van der Waals surface area contributed by atoms with E-state index in [1.165, 1.54) is 18.4 Å². The van der Waals surface area contributed by atoms with E-state index in [2.05, 4.69) is 48.1 Å². The number of esters is 2. The van der Waals surface area contributed by atoms with Crippen molar-refractivity contribution < 1.29 is 29.3 Å². The second-order valence-corrected chi connectivity index (χ2v) is 16.2. The number of ether oxygens (including phenoxy) is 2. The summed E-state index contributed by atoms with van der Waals surface area (Å²) in [6.45, 7) is 19.9. The first-order chi connectivity index (χ1) is 19.1. The number of allylic oxidation sites excluding steroid dienone is 1. The molecule has 5 saturated carbocycles. The van der Waals surface area contributed by atoms with Crippen molar-refractivity contribution in [1.29, 1.82) is 0 Å². The summed E-state index contributed by atoms with van der Waals surface area (Å²) in [6, 6.07) is 0. The minimum Gasteiger partial charge on any atom is -0.462 e. The lowest BCUT2D eigenvalue weighted by Crippen LogP contribution is -2.67. The van der Waals surface area contributed by atoms with Gasteiger partial charge in [-0.2, -0.15) is 0 Å². The van der Waals surface area contributed by atoms with Crippen LogP contribution in [0.15, 0.2) is 12.2 Å². The highest BCUT2D eigenvalue weighted by molar-refractivity contribution is 5.78.